The molecule has 0 fully saturated rings. The second kappa shape index (κ2) is 10.4. The molecule has 156 valence electrons. The first kappa shape index (κ1) is 21.3. The molecule has 0 saturated heterocycles. The number of nitrogens with zero attached hydrogens (tertiary/aromatic N) is 2. The molecule has 0 aliphatic carbocycles. The van der Waals surface area contributed by atoms with Crippen LogP contribution in [-0.4, -0.2) is 35.2 Å². The number of fused-ring (bicyclic) bond motifs is 1. The number of thiophene rings is 1. The van der Waals surface area contributed by atoms with E-state index in [1.807, 2.05) is 36.6 Å². The molecule has 0 unspecified atom stereocenters. The summed E-state index contributed by atoms with van der Waals surface area (Å²) >= 11 is 1.35. The Morgan fingerprint density at radius 1 is 1.43 bits per heavy atom. The molecular formula is C21H23N5O3S. The van der Waals surface area contributed by atoms with Crippen molar-refractivity contribution in [3.05, 3.63) is 69.2 Å². The minimum atomic E-state index is -0.434. The van der Waals surface area contributed by atoms with Gasteiger partial charge >= 0.3 is 0 Å². The standard InChI is InChI=1S/C21H23N5O3S/c1-14-13-30-21-17(14)19(27)25-18(26-21)20(28)24-12-15-5-2-6-16(11-15)29-10-4-9-23-8-3-7-22/h2-3,5-8,11,13H,4,9-10,12,22H2,1H3,(H,24,28)(H,25,26,27). The molecule has 3 rings (SSSR count). The third-order valence-corrected chi connectivity index (χ3v) is 5.19. The van der Waals surface area contributed by atoms with Crippen molar-refractivity contribution in [2.75, 3.05) is 13.2 Å². The molecule has 1 aromatic carbocycles. The lowest BCUT2D eigenvalue weighted by Crippen LogP contribution is -2.27. The zero-order chi connectivity index (χ0) is 21.3. The molecule has 8 nitrogen and oxygen atoms in total. The molecule has 30 heavy (non-hydrogen) atoms. The number of allylic oxidation sites excluding steroid dienone is 1. The Labute approximate surface area is 177 Å². The van der Waals surface area contributed by atoms with Crippen LogP contribution >= 0.6 is 11.3 Å². The number of aromatic amines is 1. The number of hydrogen-bond donors (Lipinski definition) is 3. The minimum Gasteiger partial charge on any atom is -0.494 e. The van der Waals surface area contributed by atoms with Gasteiger partial charge in [0, 0.05) is 25.7 Å². The molecule has 0 radical (unpaired) electrons. The highest BCUT2D eigenvalue weighted by Crippen LogP contribution is 2.19. The zero-order valence-electron chi connectivity index (χ0n) is 16.6. The number of amides is 1. The highest BCUT2D eigenvalue weighted by atomic mass is 32.1. The average Bonchev–Trinajstić information content (AvgIpc) is 3.13. The lowest BCUT2D eigenvalue weighted by atomic mass is 10.2. The molecule has 0 saturated carbocycles. The number of ether oxygens (including phenoxy) is 1. The van der Waals surface area contributed by atoms with E-state index in [9.17, 15) is 9.59 Å². The molecule has 1 amide bonds. The minimum absolute atomic E-state index is 0.00629. The van der Waals surface area contributed by atoms with E-state index in [2.05, 4.69) is 20.3 Å². The summed E-state index contributed by atoms with van der Waals surface area (Å²) in [6.07, 6.45) is 5.53. The van der Waals surface area contributed by atoms with Crippen LogP contribution in [-0.2, 0) is 6.54 Å². The van der Waals surface area contributed by atoms with Crippen molar-refractivity contribution in [2.45, 2.75) is 19.9 Å². The van der Waals surface area contributed by atoms with Crippen LogP contribution in [0.25, 0.3) is 10.2 Å². The highest BCUT2D eigenvalue weighted by Gasteiger charge is 2.13. The maximum Gasteiger partial charge on any atom is 0.287 e. The highest BCUT2D eigenvalue weighted by molar-refractivity contribution is 7.16. The van der Waals surface area contributed by atoms with Gasteiger partial charge in [-0.15, -0.1) is 11.3 Å². The summed E-state index contributed by atoms with van der Waals surface area (Å²) in [4.78, 5) is 36.2. The number of nitrogens with two attached hydrogens (primary N) is 1. The lowest BCUT2D eigenvalue weighted by molar-refractivity contribution is 0.0940. The van der Waals surface area contributed by atoms with Gasteiger partial charge in [0.1, 0.15) is 10.6 Å². The summed E-state index contributed by atoms with van der Waals surface area (Å²) in [6, 6.07) is 7.47. The van der Waals surface area contributed by atoms with Gasteiger partial charge in [-0.25, -0.2) is 4.98 Å². The third kappa shape index (κ3) is 5.54. The van der Waals surface area contributed by atoms with Crippen LogP contribution in [0.3, 0.4) is 0 Å². The van der Waals surface area contributed by atoms with Crippen LogP contribution in [0.5, 0.6) is 5.75 Å². The molecule has 0 aliphatic heterocycles. The predicted molar refractivity (Wildman–Crippen MR) is 119 cm³/mol. The van der Waals surface area contributed by atoms with Crippen molar-refractivity contribution in [1.82, 2.24) is 15.3 Å². The summed E-state index contributed by atoms with van der Waals surface area (Å²) in [5, 5.41) is 5.16. The van der Waals surface area contributed by atoms with Crippen LogP contribution in [0.1, 0.15) is 28.2 Å². The Hall–Kier alpha value is -3.46. The number of rotatable bonds is 9. The molecular weight excluding hydrogens is 402 g/mol. The maximum absolute atomic E-state index is 12.4. The van der Waals surface area contributed by atoms with Crippen LogP contribution in [0.4, 0.5) is 0 Å². The van der Waals surface area contributed by atoms with Crippen LogP contribution in [0.2, 0.25) is 0 Å². The molecule has 0 aliphatic rings. The van der Waals surface area contributed by atoms with Gasteiger partial charge in [-0.2, -0.15) is 0 Å². The van der Waals surface area contributed by atoms with E-state index >= 15 is 0 Å². The fourth-order valence-corrected chi connectivity index (χ4v) is 3.66. The Kier molecular flexibility index (Phi) is 7.34. The first-order valence-corrected chi connectivity index (χ1v) is 10.3. The van der Waals surface area contributed by atoms with Gasteiger partial charge in [-0.05, 0) is 47.8 Å². The Balaban J connectivity index is 1.54. The topological polar surface area (TPSA) is 122 Å². The summed E-state index contributed by atoms with van der Waals surface area (Å²) in [7, 11) is 0. The molecule has 4 N–H and O–H groups in total. The number of benzene rings is 1. The van der Waals surface area contributed by atoms with Crippen LogP contribution in [0.15, 0.2) is 51.7 Å². The second-order valence-corrected chi connectivity index (χ2v) is 7.34. The van der Waals surface area contributed by atoms with Crippen molar-refractivity contribution in [3.63, 3.8) is 0 Å². The SMILES string of the molecule is Cc1csc2nc(C(=O)NCc3cccc(OCCCN=CC=CN)c3)[nH]c(=O)c12. The largest absolute Gasteiger partial charge is 0.494 e. The van der Waals surface area contributed by atoms with E-state index in [1.165, 1.54) is 17.5 Å². The number of aryl methyl sites for hydroxylation is 1. The smallest absolute Gasteiger partial charge is 0.287 e. The number of nitrogens with one attached hydrogen (secondary N) is 2. The molecule has 2 aromatic heterocycles. The number of H-pyrrole nitrogens is 1. The van der Waals surface area contributed by atoms with Gasteiger partial charge in [-0.1, -0.05) is 12.1 Å². The Morgan fingerprint density at radius 3 is 3.13 bits per heavy atom. The van der Waals surface area contributed by atoms with Gasteiger partial charge in [0.2, 0.25) is 5.82 Å². The number of carbonyl (C=O) groups excluding carboxylic acids is 1. The molecule has 3 aromatic rings. The number of aromatic nitrogens is 2. The summed E-state index contributed by atoms with van der Waals surface area (Å²) in [5.74, 6) is 0.289. The monoisotopic (exact) mass is 425 g/mol. The predicted octanol–water partition coefficient (Wildman–Crippen LogP) is 2.54. The van der Waals surface area contributed by atoms with Crippen molar-refractivity contribution < 1.29 is 9.53 Å². The van der Waals surface area contributed by atoms with Gasteiger partial charge in [-0.3, -0.25) is 14.6 Å². The summed E-state index contributed by atoms with van der Waals surface area (Å²) in [6.45, 7) is 3.32. The lowest BCUT2D eigenvalue weighted by Gasteiger charge is -2.08. The molecule has 0 spiro atoms. The molecule has 2 heterocycles. The molecule has 9 heteroatoms. The molecule has 0 atom stereocenters. The van der Waals surface area contributed by atoms with Crippen LogP contribution in [0, 0.1) is 6.92 Å². The summed E-state index contributed by atoms with van der Waals surface area (Å²) < 4.78 is 5.72. The maximum atomic E-state index is 12.4. The first-order chi connectivity index (χ1) is 14.6. The van der Waals surface area contributed by atoms with Crippen LogP contribution < -0.4 is 21.3 Å². The zero-order valence-corrected chi connectivity index (χ0v) is 17.4. The number of hydrogen-bond acceptors (Lipinski definition) is 7. The van der Waals surface area contributed by atoms with Crippen molar-refractivity contribution in [2.24, 2.45) is 10.7 Å². The van der Waals surface area contributed by atoms with E-state index in [0.717, 1.165) is 23.3 Å². The Morgan fingerprint density at radius 2 is 2.30 bits per heavy atom. The second-order valence-electron chi connectivity index (χ2n) is 6.49. The van der Waals surface area contributed by atoms with Gasteiger partial charge < -0.3 is 20.8 Å². The first-order valence-electron chi connectivity index (χ1n) is 9.43. The van der Waals surface area contributed by atoms with E-state index in [4.69, 9.17) is 10.5 Å². The van der Waals surface area contributed by atoms with Crippen molar-refractivity contribution >= 4 is 33.7 Å². The number of aliphatic imine (C=N–C) groups is 1. The van der Waals surface area contributed by atoms with Crippen molar-refractivity contribution in [1.29, 1.82) is 0 Å². The van der Waals surface area contributed by atoms with Gasteiger partial charge in [0.25, 0.3) is 11.5 Å². The quantitative estimate of drug-likeness (QED) is 0.359. The fraction of sp³-hybridized carbons (Fsp3) is 0.238. The van der Waals surface area contributed by atoms with Crippen molar-refractivity contribution in [3.8, 4) is 5.75 Å². The normalized spacial score (nSPS) is 11.5. The fourth-order valence-electron chi connectivity index (χ4n) is 2.74. The molecule has 0 bridgehead atoms. The number of carbonyl (C=O) groups is 1. The van der Waals surface area contributed by atoms with Gasteiger partial charge in [0.05, 0.1) is 12.0 Å². The Bertz CT molecular complexity index is 1130. The van der Waals surface area contributed by atoms with Gasteiger partial charge in [0.15, 0.2) is 0 Å². The summed E-state index contributed by atoms with van der Waals surface area (Å²) in [5.41, 5.74) is 6.65. The van der Waals surface area contributed by atoms with E-state index in [-0.39, 0.29) is 17.9 Å². The van der Waals surface area contributed by atoms with E-state index in [0.29, 0.717) is 23.4 Å². The van der Waals surface area contributed by atoms with E-state index < -0.39 is 5.91 Å². The van der Waals surface area contributed by atoms with E-state index in [1.54, 1.807) is 12.3 Å². The average molecular weight is 426 g/mol. The third-order valence-electron chi connectivity index (χ3n) is 4.20.